The number of nitrogens with one attached hydrogen (secondary N) is 1. The molecule has 0 fully saturated rings. The Bertz CT molecular complexity index is 777. The highest BCUT2D eigenvalue weighted by Gasteiger charge is 2.05. The van der Waals surface area contributed by atoms with Gasteiger partial charge in [-0.15, -0.1) is 0 Å². The molecule has 0 atom stereocenters. The summed E-state index contributed by atoms with van der Waals surface area (Å²) < 4.78 is 33.2. The number of halogens is 2. The molecule has 0 aromatic heterocycles. The van der Waals surface area contributed by atoms with Gasteiger partial charge in [-0.1, -0.05) is 42.5 Å². The molecule has 0 aliphatic rings. The Balaban J connectivity index is 1.63. The Kier molecular flexibility index (Phi) is 8.65. The molecular formula is C21H21F2NO4. The van der Waals surface area contributed by atoms with Crippen molar-refractivity contribution in [3.05, 3.63) is 71.8 Å². The molecule has 0 unspecified atom stereocenters. The topological polar surface area (TPSA) is 64.6 Å². The number of carbonyl (C=O) groups is 2. The minimum atomic E-state index is -2.89. The number of rotatable bonds is 10. The first-order valence-corrected chi connectivity index (χ1v) is 8.73. The number of hydrogen-bond donors (Lipinski definition) is 1. The fourth-order valence-electron chi connectivity index (χ4n) is 2.33. The standard InChI is InChI=1S/C21H21F2NO4/c22-21(23)28-18-11-8-17(9-12-18)10-13-20(26)27-15-19(25)24-14-4-7-16-5-2-1-3-6-16/h1-3,5-6,8-13,21H,4,7,14-15H2,(H,24,25)/b13-10+. The zero-order valence-corrected chi connectivity index (χ0v) is 15.1. The average Bonchev–Trinajstić information content (AvgIpc) is 2.69. The summed E-state index contributed by atoms with van der Waals surface area (Å²) in [6.45, 7) is -2.76. The Morgan fingerprint density at radius 1 is 1.04 bits per heavy atom. The number of ether oxygens (including phenoxy) is 2. The van der Waals surface area contributed by atoms with Crippen molar-refractivity contribution in [3.63, 3.8) is 0 Å². The Morgan fingerprint density at radius 3 is 2.43 bits per heavy atom. The van der Waals surface area contributed by atoms with Crippen molar-refractivity contribution in [3.8, 4) is 5.75 Å². The molecule has 148 valence electrons. The summed E-state index contributed by atoms with van der Waals surface area (Å²) in [7, 11) is 0. The second-order valence-electron chi connectivity index (χ2n) is 5.83. The number of benzene rings is 2. The van der Waals surface area contributed by atoms with Crippen molar-refractivity contribution >= 4 is 18.0 Å². The predicted molar refractivity (Wildman–Crippen MR) is 101 cm³/mol. The van der Waals surface area contributed by atoms with Gasteiger partial charge in [0.05, 0.1) is 0 Å². The third kappa shape index (κ3) is 8.44. The molecule has 0 aliphatic carbocycles. The summed E-state index contributed by atoms with van der Waals surface area (Å²) in [6, 6.07) is 15.7. The fourth-order valence-corrected chi connectivity index (χ4v) is 2.33. The molecule has 0 saturated heterocycles. The normalized spacial score (nSPS) is 10.8. The van der Waals surface area contributed by atoms with E-state index < -0.39 is 12.6 Å². The SMILES string of the molecule is O=C(COC(=O)/C=C/c1ccc(OC(F)F)cc1)NCCCc1ccccc1. The average molecular weight is 389 g/mol. The summed E-state index contributed by atoms with van der Waals surface area (Å²) in [4.78, 5) is 23.3. The molecule has 0 heterocycles. The molecule has 0 saturated carbocycles. The third-order valence-electron chi connectivity index (χ3n) is 3.67. The van der Waals surface area contributed by atoms with Crippen LogP contribution in [0, 0.1) is 0 Å². The maximum Gasteiger partial charge on any atom is 0.387 e. The lowest BCUT2D eigenvalue weighted by molar-refractivity contribution is -0.143. The van der Waals surface area contributed by atoms with Crippen LogP contribution < -0.4 is 10.1 Å². The molecule has 0 bridgehead atoms. The molecule has 1 N–H and O–H groups in total. The Labute approximate surface area is 162 Å². The van der Waals surface area contributed by atoms with Crippen LogP contribution in [0.2, 0.25) is 0 Å². The lowest BCUT2D eigenvalue weighted by Crippen LogP contribution is -2.29. The van der Waals surface area contributed by atoms with Gasteiger partial charge in [0.15, 0.2) is 6.61 Å². The lowest BCUT2D eigenvalue weighted by atomic mass is 10.1. The van der Waals surface area contributed by atoms with Gasteiger partial charge in [-0.05, 0) is 42.2 Å². The van der Waals surface area contributed by atoms with Crippen molar-refractivity contribution in [1.82, 2.24) is 5.32 Å². The highest BCUT2D eigenvalue weighted by Crippen LogP contribution is 2.15. The molecule has 2 aromatic carbocycles. The lowest BCUT2D eigenvalue weighted by Gasteiger charge is -2.06. The highest BCUT2D eigenvalue weighted by molar-refractivity contribution is 5.89. The quantitative estimate of drug-likeness (QED) is 0.383. The van der Waals surface area contributed by atoms with Crippen LogP contribution in [-0.2, 0) is 20.7 Å². The van der Waals surface area contributed by atoms with Crippen molar-refractivity contribution in [2.45, 2.75) is 19.5 Å². The van der Waals surface area contributed by atoms with E-state index in [4.69, 9.17) is 4.74 Å². The molecule has 2 aromatic rings. The number of carbonyl (C=O) groups excluding carboxylic acids is 2. The van der Waals surface area contributed by atoms with E-state index in [0.717, 1.165) is 18.9 Å². The molecule has 0 radical (unpaired) electrons. The van der Waals surface area contributed by atoms with Gasteiger partial charge in [-0.25, -0.2) is 4.79 Å². The molecule has 28 heavy (non-hydrogen) atoms. The highest BCUT2D eigenvalue weighted by atomic mass is 19.3. The first-order valence-electron chi connectivity index (χ1n) is 8.73. The van der Waals surface area contributed by atoms with Gasteiger partial charge in [-0.3, -0.25) is 4.79 Å². The van der Waals surface area contributed by atoms with Crippen LogP contribution in [0.25, 0.3) is 6.08 Å². The van der Waals surface area contributed by atoms with Gasteiger partial charge in [0, 0.05) is 12.6 Å². The van der Waals surface area contributed by atoms with E-state index in [2.05, 4.69) is 10.1 Å². The van der Waals surface area contributed by atoms with E-state index in [1.54, 1.807) is 0 Å². The maximum atomic E-state index is 12.1. The van der Waals surface area contributed by atoms with E-state index in [-0.39, 0.29) is 18.3 Å². The zero-order chi connectivity index (χ0) is 20.2. The number of hydrogen-bond acceptors (Lipinski definition) is 4. The third-order valence-corrected chi connectivity index (χ3v) is 3.67. The van der Waals surface area contributed by atoms with Crippen molar-refractivity contribution < 1.29 is 27.8 Å². The van der Waals surface area contributed by atoms with Crippen LogP contribution >= 0.6 is 0 Å². The van der Waals surface area contributed by atoms with Gasteiger partial charge in [-0.2, -0.15) is 8.78 Å². The van der Waals surface area contributed by atoms with Crippen molar-refractivity contribution in [2.24, 2.45) is 0 Å². The summed E-state index contributed by atoms with van der Waals surface area (Å²) in [6.07, 6.45) is 4.25. The maximum absolute atomic E-state index is 12.1. The van der Waals surface area contributed by atoms with E-state index in [0.29, 0.717) is 12.1 Å². The Morgan fingerprint density at radius 2 is 1.75 bits per heavy atom. The molecular weight excluding hydrogens is 368 g/mol. The number of esters is 1. The van der Waals surface area contributed by atoms with E-state index in [1.807, 2.05) is 30.3 Å². The molecule has 1 amide bonds. The van der Waals surface area contributed by atoms with Crippen LogP contribution in [0.1, 0.15) is 17.5 Å². The monoisotopic (exact) mass is 389 g/mol. The van der Waals surface area contributed by atoms with Crippen molar-refractivity contribution in [2.75, 3.05) is 13.2 Å². The van der Waals surface area contributed by atoms with Gasteiger partial charge in [0.25, 0.3) is 5.91 Å². The summed E-state index contributed by atoms with van der Waals surface area (Å²) in [5.41, 5.74) is 1.80. The Hall–Kier alpha value is -3.22. The number of alkyl halides is 2. The van der Waals surface area contributed by atoms with Gasteiger partial charge in [0.1, 0.15) is 5.75 Å². The van der Waals surface area contributed by atoms with Crippen LogP contribution in [0.3, 0.4) is 0 Å². The fraction of sp³-hybridized carbons (Fsp3) is 0.238. The summed E-state index contributed by atoms with van der Waals surface area (Å²) in [5, 5.41) is 2.69. The van der Waals surface area contributed by atoms with Crippen LogP contribution in [-0.4, -0.2) is 31.6 Å². The molecule has 2 rings (SSSR count). The van der Waals surface area contributed by atoms with Gasteiger partial charge in [0.2, 0.25) is 0 Å². The van der Waals surface area contributed by atoms with E-state index >= 15 is 0 Å². The van der Waals surface area contributed by atoms with Crippen LogP contribution in [0.4, 0.5) is 8.78 Å². The van der Waals surface area contributed by atoms with Crippen LogP contribution in [0.5, 0.6) is 5.75 Å². The molecule has 0 spiro atoms. The minimum Gasteiger partial charge on any atom is -0.452 e. The first-order chi connectivity index (χ1) is 13.5. The van der Waals surface area contributed by atoms with E-state index in [9.17, 15) is 18.4 Å². The van der Waals surface area contributed by atoms with Crippen molar-refractivity contribution in [1.29, 1.82) is 0 Å². The van der Waals surface area contributed by atoms with Gasteiger partial charge < -0.3 is 14.8 Å². The molecule has 0 aliphatic heterocycles. The second kappa shape index (κ2) is 11.5. The number of amides is 1. The zero-order valence-electron chi connectivity index (χ0n) is 15.1. The molecule has 5 nitrogen and oxygen atoms in total. The summed E-state index contributed by atoms with van der Waals surface area (Å²) in [5.74, 6) is -1.02. The molecule has 7 heteroatoms. The predicted octanol–water partition coefficient (Wildman–Crippen LogP) is 3.59. The van der Waals surface area contributed by atoms with Crippen LogP contribution in [0.15, 0.2) is 60.7 Å². The minimum absolute atomic E-state index is 0.0265. The smallest absolute Gasteiger partial charge is 0.387 e. The summed E-state index contributed by atoms with van der Waals surface area (Å²) >= 11 is 0. The largest absolute Gasteiger partial charge is 0.452 e. The first kappa shape index (κ1) is 21.1. The number of aryl methyl sites for hydroxylation is 1. The second-order valence-corrected chi connectivity index (χ2v) is 5.83. The van der Waals surface area contributed by atoms with E-state index in [1.165, 1.54) is 35.9 Å². The van der Waals surface area contributed by atoms with Gasteiger partial charge >= 0.3 is 12.6 Å².